The van der Waals surface area contributed by atoms with Gasteiger partial charge in [0.2, 0.25) is 0 Å². The lowest BCUT2D eigenvalue weighted by Crippen LogP contribution is -2.34. The standard InChI is InChI=1S/C9H19NO5S/c1-3-14-5-6-15-9(11)8(10)4-7-16(2,12)13/h8H,3-7,10H2,1-2H3. The molecule has 0 aliphatic rings. The van der Waals surface area contributed by atoms with Crippen molar-refractivity contribution in [2.45, 2.75) is 19.4 Å². The molecule has 0 aliphatic carbocycles. The maximum atomic E-state index is 11.2. The summed E-state index contributed by atoms with van der Waals surface area (Å²) in [6, 6.07) is -0.892. The zero-order valence-corrected chi connectivity index (χ0v) is 10.5. The van der Waals surface area contributed by atoms with Gasteiger partial charge in [0.1, 0.15) is 22.5 Å². The van der Waals surface area contributed by atoms with Gasteiger partial charge >= 0.3 is 5.97 Å². The third kappa shape index (κ3) is 8.63. The van der Waals surface area contributed by atoms with E-state index < -0.39 is 21.8 Å². The van der Waals surface area contributed by atoms with Crippen molar-refractivity contribution in [3.8, 4) is 0 Å². The van der Waals surface area contributed by atoms with Crippen molar-refractivity contribution >= 4 is 15.8 Å². The third-order valence-electron chi connectivity index (χ3n) is 1.78. The van der Waals surface area contributed by atoms with Gasteiger partial charge in [-0.15, -0.1) is 0 Å². The zero-order chi connectivity index (χ0) is 12.6. The van der Waals surface area contributed by atoms with Crippen molar-refractivity contribution in [1.82, 2.24) is 0 Å². The number of hydrogen-bond acceptors (Lipinski definition) is 6. The Morgan fingerprint density at radius 1 is 1.38 bits per heavy atom. The smallest absolute Gasteiger partial charge is 0.323 e. The maximum Gasteiger partial charge on any atom is 0.323 e. The second kappa shape index (κ2) is 7.59. The van der Waals surface area contributed by atoms with Crippen LogP contribution in [0, 0.1) is 0 Å². The highest BCUT2D eigenvalue weighted by Gasteiger charge is 2.17. The van der Waals surface area contributed by atoms with E-state index in [1.54, 1.807) is 0 Å². The molecule has 0 amide bonds. The average molecular weight is 253 g/mol. The molecule has 16 heavy (non-hydrogen) atoms. The SMILES string of the molecule is CCOCCOC(=O)C(N)CCS(C)(=O)=O. The second-order valence-electron chi connectivity index (χ2n) is 3.39. The number of carbonyl (C=O) groups is 1. The molecule has 0 aromatic carbocycles. The molecule has 7 heteroatoms. The number of carbonyl (C=O) groups excluding carboxylic acids is 1. The predicted octanol–water partition coefficient (Wildman–Crippen LogP) is -0.672. The van der Waals surface area contributed by atoms with Gasteiger partial charge in [0.15, 0.2) is 0 Å². The van der Waals surface area contributed by atoms with Crippen molar-refractivity contribution in [2.75, 3.05) is 31.8 Å². The summed E-state index contributed by atoms with van der Waals surface area (Å²) >= 11 is 0. The molecule has 0 saturated heterocycles. The fraction of sp³-hybridized carbons (Fsp3) is 0.889. The average Bonchev–Trinajstić information content (AvgIpc) is 2.19. The maximum absolute atomic E-state index is 11.2. The van der Waals surface area contributed by atoms with Crippen LogP contribution in [0.25, 0.3) is 0 Å². The highest BCUT2D eigenvalue weighted by molar-refractivity contribution is 7.90. The van der Waals surface area contributed by atoms with Gasteiger partial charge in [-0.05, 0) is 13.3 Å². The van der Waals surface area contributed by atoms with Crippen molar-refractivity contribution in [3.05, 3.63) is 0 Å². The Bertz CT molecular complexity index is 301. The Morgan fingerprint density at radius 3 is 2.50 bits per heavy atom. The summed E-state index contributed by atoms with van der Waals surface area (Å²) in [6.07, 6.45) is 1.17. The summed E-state index contributed by atoms with van der Waals surface area (Å²) in [5.41, 5.74) is 5.46. The molecule has 0 aromatic heterocycles. The van der Waals surface area contributed by atoms with Crippen molar-refractivity contribution in [1.29, 1.82) is 0 Å². The van der Waals surface area contributed by atoms with Crippen LogP contribution in [0.5, 0.6) is 0 Å². The first-order valence-corrected chi connectivity index (χ1v) is 7.10. The van der Waals surface area contributed by atoms with Crippen LogP contribution in [0.2, 0.25) is 0 Å². The van der Waals surface area contributed by atoms with E-state index in [2.05, 4.69) is 0 Å². The van der Waals surface area contributed by atoms with E-state index in [-0.39, 0.29) is 18.8 Å². The first-order valence-electron chi connectivity index (χ1n) is 5.04. The Labute approximate surface area is 96.0 Å². The van der Waals surface area contributed by atoms with Gasteiger partial charge in [-0.2, -0.15) is 0 Å². The number of esters is 1. The van der Waals surface area contributed by atoms with Gasteiger partial charge in [-0.1, -0.05) is 0 Å². The topological polar surface area (TPSA) is 95.7 Å². The highest BCUT2D eigenvalue weighted by Crippen LogP contribution is 1.96. The lowest BCUT2D eigenvalue weighted by atomic mass is 10.2. The minimum Gasteiger partial charge on any atom is -0.462 e. The van der Waals surface area contributed by atoms with Crippen LogP contribution in [0.4, 0.5) is 0 Å². The van der Waals surface area contributed by atoms with Crippen LogP contribution >= 0.6 is 0 Å². The Kier molecular flexibility index (Phi) is 7.27. The number of ether oxygens (including phenoxy) is 2. The largest absolute Gasteiger partial charge is 0.462 e. The van der Waals surface area contributed by atoms with Crippen LogP contribution in [0.3, 0.4) is 0 Å². The second-order valence-corrected chi connectivity index (χ2v) is 5.65. The molecule has 0 saturated carbocycles. The van der Waals surface area contributed by atoms with E-state index in [4.69, 9.17) is 15.2 Å². The van der Waals surface area contributed by atoms with Gasteiger partial charge < -0.3 is 15.2 Å². The number of nitrogens with two attached hydrogens (primary N) is 1. The van der Waals surface area contributed by atoms with Crippen molar-refractivity contribution in [3.63, 3.8) is 0 Å². The fourth-order valence-corrected chi connectivity index (χ4v) is 1.59. The summed E-state index contributed by atoms with van der Waals surface area (Å²) in [5.74, 6) is -0.710. The fourth-order valence-electron chi connectivity index (χ4n) is 0.911. The summed E-state index contributed by atoms with van der Waals surface area (Å²) in [4.78, 5) is 11.2. The molecule has 1 unspecified atom stereocenters. The molecule has 96 valence electrons. The van der Waals surface area contributed by atoms with Crippen molar-refractivity contribution < 1.29 is 22.7 Å². The molecule has 0 heterocycles. The van der Waals surface area contributed by atoms with E-state index in [0.29, 0.717) is 13.2 Å². The summed E-state index contributed by atoms with van der Waals surface area (Å²) in [7, 11) is -3.09. The minimum atomic E-state index is -3.09. The van der Waals surface area contributed by atoms with E-state index >= 15 is 0 Å². The first kappa shape index (κ1) is 15.3. The molecule has 0 radical (unpaired) electrons. The molecule has 2 N–H and O–H groups in total. The summed E-state index contributed by atoms with van der Waals surface area (Å²) < 4.78 is 31.4. The summed E-state index contributed by atoms with van der Waals surface area (Å²) in [6.45, 7) is 2.84. The minimum absolute atomic E-state index is 0.0757. The van der Waals surface area contributed by atoms with Crippen LogP contribution in [-0.2, 0) is 24.1 Å². The van der Waals surface area contributed by atoms with Crippen LogP contribution < -0.4 is 5.73 Å². The van der Waals surface area contributed by atoms with Crippen molar-refractivity contribution in [2.24, 2.45) is 5.73 Å². The van der Waals surface area contributed by atoms with E-state index in [1.165, 1.54) is 0 Å². The van der Waals surface area contributed by atoms with Gasteiger partial charge in [0, 0.05) is 12.9 Å². The monoisotopic (exact) mass is 253 g/mol. The zero-order valence-electron chi connectivity index (χ0n) is 9.64. The quantitative estimate of drug-likeness (QED) is 0.455. The predicted molar refractivity (Wildman–Crippen MR) is 59.8 cm³/mol. The van der Waals surface area contributed by atoms with Gasteiger partial charge in [0.25, 0.3) is 0 Å². The molecule has 6 nitrogen and oxygen atoms in total. The molecule has 0 bridgehead atoms. The molecule has 0 aromatic rings. The van der Waals surface area contributed by atoms with Gasteiger partial charge in [0.05, 0.1) is 12.4 Å². The molecule has 0 fully saturated rings. The van der Waals surface area contributed by atoms with Crippen LogP contribution in [0.15, 0.2) is 0 Å². The van der Waals surface area contributed by atoms with E-state index in [1.807, 2.05) is 6.92 Å². The third-order valence-corrected chi connectivity index (χ3v) is 2.76. The van der Waals surface area contributed by atoms with Gasteiger partial charge in [-0.25, -0.2) is 8.42 Å². The Morgan fingerprint density at radius 2 is 2.00 bits per heavy atom. The Hall–Kier alpha value is -0.660. The highest BCUT2D eigenvalue weighted by atomic mass is 32.2. The number of hydrogen-bond donors (Lipinski definition) is 1. The lowest BCUT2D eigenvalue weighted by molar-refractivity contribution is -0.146. The number of rotatable bonds is 8. The molecule has 0 spiro atoms. The molecule has 1 atom stereocenters. The molecule has 0 aliphatic heterocycles. The van der Waals surface area contributed by atoms with Crippen LogP contribution in [-0.4, -0.2) is 52.3 Å². The molecule has 0 rings (SSSR count). The van der Waals surface area contributed by atoms with Gasteiger partial charge in [-0.3, -0.25) is 4.79 Å². The number of sulfone groups is 1. The summed E-state index contributed by atoms with van der Waals surface area (Å²) in [5, 5.41) is 0. The first-order chi connectivity index (χ1) is 7.37. The Balaban J connectivity index is 3.74. The normalized spacial score (nSPS) is 13.4. The van der Waals surface area contributed by atoms with E-state index in [0.717, 1.165) is 6.26 Å². The van der Waals surface area contributed by atoms with Crippen LogP contribution in [0.1, 0.15) is 13.3 Å². The molecular weight excluding hydrogens is 234 g/mol. The molecular formula is C9H19NO5S. The lowest BCUT2D eigenvalue weighted by Gasteiger charge is -2.10. The van der Waals surface area contributed by atoms with E-state index in [9.17, 15) is 13.2 Å².